The molecule has 3 N–H and O–H groups in total. The molecule has 0 fully saturated rings. The van der Waals surface area contributed by atoms with Crippen LogP contribution in [0.3, 0.4) is 0 Å². The van der Waals surface area contributed by atoms with Crippen LogP contribution in [-0.2, 0) is 5.54 Å². The first-order valence-electron chi connectivity index (χ1n) is 5.20. The van der Waals surface area contributed by atoms with Crippen molar-refractivity contribution in [3.8, 4) is 17.2 Å². The summed E-state index contributed by atoms with van der Waals surface area (Å²) in [5, 5.41) is 9.30. The van der Waals surface area contributed by atoms with Crippen LogP contribution in [0.25, 0.3) is 0 Å². The minimum atomic E-state index is -0.898. The van der Waals surface area contributed by atoms with Gasteiger partial charge in [0.1, 0.15) is 5.75 Å². The molecule has 0 aliphatic carbocycles. The first-order valence-corrected chi connectivity index (χ1v) is 5.20. The molecule has 5 nitrogen and oxygen atoms in total. The van der Waals surface area contributed by atoms with Gasteiger partial charge in [-0.25, -0.2) is 0 Å². The van der Waals surface area contributed by atoms with Crippen LogP contribution in [0.5, 0.6) is 17.2 Å². The predicted molar refractivity (Wildman–Crippen MR) is 64.7 cm³/mol. The summed E-state index contributed by atoms with van der Waals surface area (Å²) in [7, 11) is 4.63. The van der Waals surface area contributed by atoms with Crippen molar-refractivity contribution in [1.29, 1.82) is 0 Å². The van der Waals surface area contributed by atoms with Gasteiger partial charge in [0, 0.05) is 11.6 Å². The largest absolute Gasteiger partial charge is 0.496 e. The monoisotopic (exact) mass is 241 g/mol. The third-order valence-electron chi connectivity index (χ3n) is 2.65. The summed E-state index contributed by atoms with van der Waals surface area (Å²) in [6.45, 7) is 1.52. The van der Waals surface area contributed by atoms with E-state index >= 15 is 0 Å². The van der Waals surface area contributed by atoms with Gasteiger partial charge in [-0.1, -0.05) is 0 Å². The lowest BCUT2D eigenvalue weighted by molar-refractivity contribution is 0.205. The van der Waals surface area contributed by atoms with Crippen molar-refractivity contribution in [2.45, 2.75) is 12.5 Å². The Bertz CT molecular complexity index is 390. The third kappa shape index (κ3) is 2.62. The van der Waals surface area contributed by atoms with Crippen molar-refractivity contribution in [1.82, 2.24) is 0 Å². The molecule has 1 aromatic rings. The number of methoxy groups -OCH3 is 3. The molecule has 0 aromatic heterocycles. The molecule has 0 saturated carbocycles. The Labute approximate surface area is 101 Å². The number of hydrogen-bond acceptors (Lipinski definition) is 5. The SMILES string of the molecule is COc1cc(OC)c(C(C)(N)CO)cc1OC. The molecule has 17 heavy (non-hydrogen) atoms. The molecule has 0 radical (unpaired) electrons. The lowest BCUT2D eigenvalue weighted by atomic mass is 9.93. The number of hydrogen-bond donors (Lipinski definition) is 2. The van der Waals surface area contributed by atoms with Crippen molar-refractivity contribution in [3.63, 3.8) is 0 Å². The summed E-state index contributed by atoms with van der Waals surface area (Å²) in [5.74, 6) is 1.66. The molecule has 0 saturated heterocycles. The van der Waals surface area contributed by atoms with Gasteiger partial charge in [0.15, 0.2) is 11.5 Å². The standard InChI is InChI=1S/C12H19NO4/c1-12(13,7-14)8-5-10(16-3)11(17-4)6-9(8)15-2/h5-6,14H,7,13H2,1-4H3. The molecule has 0 bridgehead atoms. The van der Waals surface area contributed by atoms with Crippen LogP contribution in [0.1, 0.15) is 12.5 Å². The molecule has 5 heteroatoms. The molecule has 0 amide bonds. The van der Waals surface area contributed by atoms with E-state index in [0.717, 1.165) is 0 Å². The fourth-order valence-corrected chi connectivity index (χ4v) is 1.56. The second-order valence-corrected chi connectivity index (χ2v) is 3.98. The summed E-state index contributed by atoms with van der Waals surface area (Å²) < 4.78 is 15.6. The Morgan fingerprint density at radius 3 is 1.94 bits per heavy atom. The topological polar surface area (TPSA) is 73.9 Å². The van der Waals surface area contributed by atoms with E-state index in [9.17, 15) is 5.11 Å². The van der Waals surface area contributed by atoms with Crippen molar-refractivity contribution in [3.05, 3.63) is 17.7 Å². The quantitative estimate of drug-likeness (QED) is 0.800. The van der Waals surface area contributed by atoms with Gasteiger partial charge in [0.2, 0.25) is 0 Å². The highest BCUT2D eigenvalue weighted by atomic mass is 16.5. The van der Waals surface area contributed by atoms with E-state index in [1.807, 2.05) is 0 Å². The van der Waals surface area contributed by atoms with Crippen LogP contribution in [0, 0.1) is 0 Å². The van der Waals surface area contributed by atoms with E-state index in [1.165, 1.54) is 7.11 Å². The summed E-state index contributed by atoms with van der Waals surface area (Å²) in [4.78, 5) is 0. The third-order valence-corrected chi connectivity index (χ3v) is 2.65. The fraction of sp³-hybridized carbons (Fsp3) is 0.500. The van der Waals surface area contributed by atoms with Crippen LogP contribution in [-0.4, -0.2) is 33.0 Å². The smallest absolute Gasteiger partial charge is 0.164 e. The molecule has 0 aliphatic heterocycles. The van der Waals surface area contributed by atoms with Gasteiger partial charge in [-0.15, -0.1) is 0 Å². The molecule has 96 valence electrons. The zero-order chi connectivity index (χ0) is 13.1. The Morgan fingerprint density at radius 2 is 1.53 bits per heavy atom. The van der Waals surface area contributed by atoms with Gasteiger partial charge in [-0.05, 0) is 13.0 Å². The zero-order valence-electron chi connectivity index (χ0n) is 10.6. The highest BCUT2D eigenvalue weighted by Crippen LogP contribution is 2.38. The molecular weight excluding hydrogens is 222 g/mol. The van der Waals surface area contributed by atoms with Crippen LogP contribution < -0.4 is 19.9 Å². The number of ether oxygens (including phenoxy) is 3. The van der Waals surface area contributed by atoms with Gasteiger partial charge in [-0.3, -0.25) is 0 Å². The van der Waals surface area contributed by atoms with Gasteiger partial charge >= 0.3 is 0 Å². The van der Waals surface area contributed by atoms with Crippen LogP contribution in [0.4, 0.5) is 0 Å². The minimum Gasteiger partial charge on any atom is -0.496 e. The van der Waals surface area contributed by atoms with E-state index in [0.29, 0.717) is 22.8 Å². The summed E-state index contributed by atoms with van der Waals surface area (Å²) in [5.41, 5.74) is 5.77. The maximum atomic E-state index is 9.30. The number of nitrogens with two attached hydrogens (primary N) is 1. The second kappa shape index (κ2) is 5.25. The van der Waals surface area contributed by atoms with Crippen molar-refractivity contribution >= 4 is 0 Å². The zero-order valence-corrected chi connectivity index (χ0v) is 10.6. The van der Waals surface area contributed by atoms with Gasteiger partial charge < -0.3 is 25.1 Å². The summed E-state index contributed by atoms with van der Waals surface area (Å²) in [6.07, 6.45) is 0. The molecule has 0 spiro atoms. The summed E-state index contributed by atoms with van der Waals surface area (Å²) in [6, 6.07) is 3.41. The molecule has 0 aliphatic rings. The fourth-order valence-electron chi connectivity index (χ4n) is 1.56. The van der Waals surface area contributed by atoms with E-state index in [2.05, 4.69) is 0 Å². The maximum absolute atomic E-state index is 9.30. The molecule has 1 aromatic carbocycles. The normalized spacial score (nSPS) is 14.0. The molecular formula is C12H19NO4. The average molecular weight is 241 g/mol. The van der Waals surface area contributed by atoms with Gasteiger partial charge in [-0.2, -0.15) is 0 Å². The maximum Gasteiger partial charge on any atom is 0.164 e. The van der Waals surface area contributed by atoms with E-state index < -0.39 is 5.54 Å². The van der Waals surface area contributed by atoms with Crippen molar-refractivity contribution < 1.29 is 19.3 Å². The van der Waals surface area contributed by atoms with E-state index in [-0.39, 0.29) is 6.61 Å². The number of aliphatic hydroxyl groups is 1. The predicted octanol–water partition coefficient (Wildman–Crippen LogP) is 0.879. The molecule has 1 unspecified atom stereocenters. The Morgan fingerprint density at radius 1 is 1.06 bits per heavy atom. The van der Waals surface area contributed by atoms with Crippen LogP contribution >= 0.6 is 0 Å². The Balaban J connectivity index is 3.38. The first kappa shape index (κ1) is 13.6. The highest BCUT2D eigenvalue weighted by Gasteiger charge is 2.26. The number of aliphatic hydroxyl groups excluding tert-OH is 1. The lowest BCUT2D eigenvalue weighted by Gasteiger charge is -2.25. The molecule has 1 rings (SSSR count). The molecule has 1 atom stereocenters. The average Bonchev–Trinajstić information content (AvgIpc) is 2.36. The second-order valence-electron chi connectivity index (χ2n) is 3.98. The van der Waals surface area contributed by atoms with E-state index in [1.54, 1.807) is 33.3 Å². The number of benzene rings is 1. The lowest BCUT2D eigenvalue weighted by Crippen LogP contribution is -2.37. The van der Waals surface area contributed by atoms with Gasteiger partial charge in [0.25, 0.3) is 0 Å². The summed E-state index contributed by atoms with van der Waals surface area (Å²) >= 11 is 0. The van der Waals surface area contributed by atoms with Crippen LogP contribution in [0.15, 0.2) is 12.1 Å². The Kier molecular flexibility index (Phi) is 4.20. The van der Waals surface area contributed by atoms with Crippen LogP contribution in [0.2, 0.25) is 0 Å². The van der Waals surface area contributed by atoms with Crippen molar-refractivity contribution in [2.75, 3.05) is 27.9 Å². The number of rotatable bonds is 5. The minimum absolute atomic E-state index is 0.196. The highest BCUT2D eigenvalue weighted by molar-refractivity contribution is 5.53. The molecule has 0 heterocycles. The van der Waals surface area contributed by atoms with Gasteiger partial charge in [0.05, 0.1) is 33.5 Å². The first-order chi connectivity index (χ1) is 8.00. The Hall–Kier alpha value is -1.46. The van der Waals surface area contributed by atoms with E-state index in [4.69, 9.17) is 19.9 Å². The van der Waals surface area contributed by atoms with Crippen molar-refractivity contribution in [2.24, 2.45) is 5.73 Å².